The Balaban J connectivity index is 1.36. The minimum Gasteiger partial charge on any atom is -0.481 e. The zero-order valence-corrected chi connectivity index (χ0v) is 25.7. The number of thiocarbonyl (C=S) groups is 1. The number of aliphatic carboxylic acids is 1. The van der Waals surface area contributed by atoms with Crippen LogP contribution in [0.4, 0.5) is 11.4 Å². The lowest BCUT2D eigenvalue weighted by atomic mass is 10.1. The van der Waals surface area contributed by atoms with E-state index in [1.807, 2.05) is 44.2 Å². The maximum absolute atomic E-state index is 13.7. The molecule has 2 aromatic rings. The van der Waals surface area contributed by atoms with Gasteiger partial charge in [-0.3, -0.25) is 29.0 Å². The fourth-order valence-corrected chi connectivity index (χ4v) is 6.72. The molecule has 0 aliphatic carbocycles. The van der Waals surface area contributed by atoms with Gasteiger partial charge in [0.1, 0.15) is 10.9 Å². The third kappa shape index (κ3) is 7.46. The first-order valence-electron chi connectivity index (χ1n) is 14.5. The molecule has 0 bridgehead atoms. The summed E-state index contributed by atoms with van der Waals surface area (Å²) in [6.07, 6.45) is 7.90. The number of anilines is 2. The Labute approximate surface area is 256 Å². The fraction of sp³-hybridized carbons (Fsp3) is 0.406. The second kappa shape index (κ2) is 14.6. The molecule has 42 heavy (non-hydrogen) atoms. The van der Waals surface area contributed by atoms with Gasteiger partial charge in [0.2, 0.25) is 5.91 Å². The zero-order chi connectivity index (χ0) is 30.2. The van der Waals surface area contributed by atoms with E-state index in [-0.39, 0.29) is 30.7 Å². The summed E-state index contributed by atoms with van der Waals surface area (Å²) in [6, 6.07) is 13.0. The topological polar surface area (TPSA) is 107 Å². The molecule has 0 unspecified atom stereocenters. The number of benzene rings is 2. The summed E-state index contributed by atoms with van der Waals surface area (Å²) >= 11 is 6.70. The molecule has 1 fully saturated rings. The van der Waals surface area contributed by atoms with Gasteiger partial charge in [0.05, 0.1) is 16.2 Å². The first-order chi connectivity index (χ1) is 20.2. The number of unbranched alkanes of at least 4 members (excludes halogenated alkanes) is 7. The maximum atomic E-state index is 13.7. The van der Waals surface area contributed by atoms with Gasteiger partial charge in [-0.15, -0.1) is 0 Å². The summed E-state index contributed by atoms with van der Waals surface area (Å²) in [5.41, 5.74) is 4.14. The number of thioether (sulfide) groups is 1. The summed E-state index contributed by atoms with van der Waals surface area (Å²) in [4.78, 5) is 54.2. The normalized spacial score (nSPS) is 16.4. The van der Waals surface area contributed by atoms with Crippen molar-refractivity contribution in [2.45, 2.75) is 71.6 Å². The van der Waals surface area contributed by atoms with Crippen molar-refractivity contribution in [2.24, 2.45) is 0 Å². The Morgan fingerprint density at radius 1 is 0.833 bits per heavy atom. The van der Waals surface area contributed by atoms with Crippen LogP contribution < -0.4 is 10.2 Å². The maximum Gasteiger partial charge on any atom is 0.303 e. The smallest absolute Gasteiger partial charge is 0.303 e. The molecule has 222 valence electrons. The molecule has 2 aliphatic heterocycles. The van der Waals surface area contributed by atoms with Crippen LogP contribution >= 0.6 is 24.0 Å². The van der Waals surface area contributed by atoms with Crippen molar-refractivity contribution in [1.29, 1.82) is 0 Å². The van der Waals surface area contributed by atoms with Crippen molar-refractivity contribution in [3.8, 4) is 0 Å². The number of carboxylic acids is 1. The van der Waals surface area contributed by atoms with Crippen LogP contribution in [-0.2, 0) is 19.2 Å². The van der Waals surface area contributed by atoms with Crippen molar-refractivity contribution >= 4 is 68.9 Å². The number of carbonyl (C=O) groups is 4. The molecule has 3 amide bonds. The number of fused-ring (bicyclic) bond motifs is 1. The van der Waals surface area contributed by atoms with Crippen molar-refractivity contribution in [2.75, 3.05) is 23.3 Å². The van der Waals surface area contributed by atoms with Crippen molar-refractivity contribution in [3.63, 3.8) is 0 Å². The van der Waals surface area contributed by atoms with Crippen LogP contribution in [0.15, 0.2) is 47.4 Å². The second-order valence-electron chi connectivity index (χ2n) is 10.7. The van der Waals surface area contributed by atoms with E-state index in [1.165, 1.54) is 4.90 Å². The molecule has 2 N–H and O–H groups in total. The number of rotatable bonds is 14. The number of hydrogen-bond acceptors (Lipinski definition) is 6. The molecule has 1 saturated heterocycles. The van der Waals surface area contributed by atoms with Gasteiger partial charge in [0.25, 0.3) is 11.8 Å². The second-order valence-corrected chi connectivity index (χ2v) is 12.4. The molecule has 2 aromatic carbocycles. The van der Waals surface area contributed by atoms with E-state index < -0.39 is 5.97 Å². The molecule has 4 rings (SSSR count). The van der Waals surface area contributed by atoms with E-state index in [0.29, 0.717) is 32.6 Å². The van der Waals surface area contributed by atoms with Gasteiger partial charge in [0, 0.05) is 24.2 Å². The van der Waals surface area contributed by atoms with Gasteiger partial charge >= 0.3 is 5.97 Å². The molecule has 2 aliphatic rings. The number of hydrogen-bond donors (Lipinski definition) is 2. The highest BCUT2D eigenvalue weighted by molar-refractivity contribution is 8.26. The Morgan fingerprint density at radius 3 is 2.12 bits per heavy atom. The largest absolute Gasteiger partial charge is 0.481 e. The van der Waals surface area contributed by atoms with Gasteiger partial charge in [-0.2, -0.15) is 0 Å². The Bertz CT molecular complexity index is 1400. The number of carboxylic acid groups (broad SMARTS) is 1. The first kappa shape index (κ1) is 31.4. The summed E-state index contributed by atoms with van der Waals surface area (Å²) < 4.78 is 0.442. The molecular formula is C32H37N3O5S2. The zero-order valence-electron chi connectivity index (χ0n) is 24.1. The average Bonchev–Trinajstić information content (AvgIpc) is 3.38. The quantitative estimate of drug-likeness (QED) is 0.144. The fourth-order valence-electron chi connectivity index (χ4n) is 5.34. The van der Waals surface area contributed by atoms with E-state index in [2.05, 4.69) is 5.32 Å². The van der Waals surface area contributed by atoms with Crippen LogP contribution in [0, 0.1) is 13.8 Å². The lowest BCUT2D eigenvalue weighted by molar-refractivity contribution is -0.137. The molecule has 0 radical (unpaired) electrons. The molecule has 0 atom stereocenters. The number of nitrogens with one attached hydrogen (secondary N) is 1. The third-order valence-corrected chi connectivity index (χ3v) is 9.02. The third-order valence-electron chi connectivity index (χ3n) is 7.57. The molecule has 10 heteroatoms. The van der Waals surface area contributed by atoms with E-state index in [9.17, 15) is 19.2 Å². The summed E-state index contributed by atoms with van der Waals surface area (Å²) in [6.45, 7) is 4.17. The van der Waals surface area contributed by atoms with Crippen LogP contribution in [0.1, 0.15) is 74.5 Å². The molecule has 2 heterocycles. The van der Waals surface area contributed by atoms with Crippen LogP contribution in [-0.4, -0.2) is 51.1 Å². The molecular weight excluding hydrogens is 571 g/mol. The lowest BCUT2D eigenvalue weighted by Gasteiger charge is -2.18. The van der Waals surface area contributed by atoms with Gasteiger partial charge in [-0.25, -0.2) is 0 Å². The highest BCUT2D eigenvalue weighted by Gasteiger charge is 2.42. The van der Waals surface area contributed by atoms with Gasteiger partial charge in [0.15, 0.2) is 0 Å². The van der Waals surface area contributed by atoms with Gasteiger partial charge in [-0.1, -0.05) is 98.9 Å². The van der Waals surface area contributed by atoms with Crippen molar-refractivity contribution in [3.05, 3.63) is 64.1 Å². The number of aryl methyl sites for hydroxylation is 2. The minimum absolute atomic E-state index is 0.174. The summed E-state index contributed by atoms with van der Waals surface area (Å²) in [5, 5.41) is 11.7. The van der Waals surface area contributed by atoms with Crippen molar-refractivity contribution < 1.29 is 24.3 Å². The predicted octanol–water partition coefficient (Wildman–Crippen LogP) is 6.46. The highest BCUT2D eigenvalue weighted by atomic mass is 32.2. The van der Waals surface area contributed by atoms with Gasteiger partial charge < -0.3 is 10.4 Å². The monoisotopic (exact) mass is 607 g/mol. The standard InChI is InChI=1S/C32H37N3O5S2/c1-21-14-13-15-22(2)28(21)33-25(36)20-35-24-17-11-10-16-23(24)27(30(35)39)29-31(40)34(32(41)42-29)19-12-8-6-4-3-5-7-9-18-26(37)38/h10-11,13-17H,3-9,12,18-20H2,1-2H3,(H,33,36)(H,37,38). The minimum atomic E-state index is -0.739. The Morgan fingerprint density at radius 2 is 1.45 bits per heavy atom. The van der Waals surface area contributed by atoms with E-state index >= 15 is 0 Å². The van der Waals surface area contributed by atoms with Crippen LogP contribution in [0.3, 0.4) is 0 Å². The average molecular weight is 608 g/mol. The number of nitrogens with zero attached hydrogens (tertiary/aromatic N) is 2. The van der Waals surface area contributed by atoms with Crippen molar-refractivity contribution in [1.82, 2.24) is 4.90 Å². The van der Waals surface area contributed by atoms with Crippen LogP contribution in [0.2, 0.25) is 0 Å². The SMILES string of the molecule is Cc1cccc(C)c1NC(=O)CN1C(=O)C(=C2SC(=S)N(CCCCCCCCCCC(=O)O)C2=O)c2ccccc21. The highest BCUT2D eigenvalue weighted by Crippen LogP contribution is 2.44. The predicted molar refractivity (Wildman–Crippen MR) is 171 cm³/mol. The van der Waals surface area contributed by atoms with E-state index in [4.69, 9.17) is 17.3 Å². The Kier molecular flexibility index (Phi) is 10.9. The first-order valence-corrected chi connectivity index (χ1v) is 15.7. The number of carbonyl (C=O) groups excluding carboxylic acids is 3. The molecule has 0 saturated carbocycles. The molecule has 0 spiro atoms. The number of para-hydroxylation sites is 2. The van der Waals surface area contributed by atoms with Crippen LogP contribution in [0.5, 0.6) is 0 Å². The lowest BCUT2D eigenvalue weighted by Crippen LogP contribution is -2.36. The van der Waals surface area contributed by atoms with E-state index in [0.717, 1.165) is 79.9 Å². The van der Waals surface area contributed by atoms with E-state index in [1.54, 1.807) is 17.0 Å². The summed E-state index contributed by atoms with van der Waals surface area (Å²) in [7, 11) is 0. The van der Waals surface area contributed by atoms with Crippen LogP contribution in [0.25, 0.3) is 5.57 Å². The molecule has 8 nitrogen and oxygen atoms in total. The van der Waals surface area contributed by atoms with Gasteiger partial charge in [-0.05, 0) is 43.9 Å². The summed E-state index contributed by atoms with van der Waals surface area (Å²) in [5.74, 6) is -1.69. The number of amides is 3. The molecule has 0 aromatic heterocycles. The Hall–Kier alpha value is -3.50.